The second-order valence-corrected chi connectivity index (χ2v) is 5.81. The fraction of sp³-hybridized carbons (Fsp3) is 0.714. The van der Waals surface area contributed by atoms with Gasteiger partial charge in [-0.1, -0.05) is 12.2 Å². The van der Waals surface area contributed by atoms with Crippen LogP contribution in [0.5, 0.6) is 0 Å². The molecule has 18 heavy (non-hydrogen) atoms. The number of fused-ring (bicyclic) bond motifs is 2. The first kappa shape index (κ1) is 13.1. The average molecular weight is 250 g/mol. The Labute approximate surface area is 109 Å². The van der Waals surface area contributed by atoms with E-state index in [9.17, 15) is 9.59 Å². The Morgan fingerprint density at radius 3 is 1.39 bits per heavy atom. The molecule has 100 valence electrons. The molecule has 0 unspecified atom stereocenters. The molecule has 1 fully saturated rings. The fourth-order valence-electron chi connectivity index (χ4n) is 3.26. The van der Waals surface area contributed by atoms with E-state index < -0.39 is 0 Å². The molecule has 0 N–H and O–H groups in total. The number of rotatable bonds is 2. The van der Waals surface area contributed by atoms with Gasteiger partial charge in [0, 0.05) is 28.2 Å². The maximum atomic E-state index is 12.3. The van der Waals surface area contributed by atoms with Crippen LogP contribution in [0.15, 0.2) is 12.2 Å². The van der Waals surface area contributed by atoms with Crippen molar-refractivity contribution in [2.24, 2.45) is 23.7 Å². The van der Waals surface area contributed by atoms with E-state index in [0.717, 1.165) is 12.8 Å². The van der Waals surface area contributed by atoms with Crippen molar-refractivity contribution in [2.75, 3.05) is 28.2 Å². The number of allylic oxidation sites excluding steroid dienone is 2. The Morgan fingerprint density at radius 2 is 1.17 bits per heavy atom. The van der Waals surface area contributed by atoms with Crippen molar-refractivity contribution >= 4 is 11.8 Å². The largest absolute Gasteiger partial charge is 0.349 e. The summed E-state index contributed by atoms with van der Waals surface area (Å²) in [5.74, 6) is 0.318. The smallest absolute Gasteiger partial charge is 0.226 e. The van der Waals surface area contributed by atoms with Crippen LogP contribution < -0.4 is 0 Å². The number of carbonyl (C=O) groups excluding carboxylic acids is 2. The molecule has 4 atom stereocenters. The zero-order valence-electron chi connectivity index (χ0n) is 11.6. The van der Waals surface area contributed by atoms with Crippen molar-refractivity contribution in [1.82, 2.24) is 9.80 Å². The van der Waals surface area contributed by atoms with Gasteiger partial charge in [-0.25, -0.2) is 0 Å². The first-order chi connectivity index (χ1) is 8.43. The third-order valence-corrected chi connectivity index (χ3v) is 4.20. The second kappa shape index (κ2) is 4.75. The Morgan fingerprint density at radius 1 is 0.833 bits per heavy atom. The molecule has 3 rings (SSSR count). The van der Waals surface area contributed by atoms with E-state index in [1.54, 1.807) is 38.0 Å². The molecule has 0 aromatic carbocycles. The first-order valence-corrected chi connectivity index (χ1v) is 6.54. The maximum Gasteiger partial charge on any atom is 0.226 e. The number of nitrogens with zero attached hydrogens (tertiary/aromatic N) is 2. The molecule has 2 amide bonds. The van der Waals surface area contributed by atoms with Crippen molar-refractivity contribution in [3.05, 3.63) is 12.2 Å². The van der Waals surface area contributed by atoms with E-state index in [1.165, 1.54) is 0 Å². The van der Waals surface area contributed by atoms with Crippen LogP contribution in [0.2, 0.25) is 0 Å². The van der Waals surface area contributed by atoms with E-state index in [2.05, 4.69) is 12.2 Å². The van der Waals surface area contributed by atoms with Crippen LogP contribution in [0.1, 0.15) is 12.8 Å². The van der Waals surface area contributed by atoms with Crippen LogP contribution in [0.3, 0.4) is 0 Å². The lowest BCUT2D eigenvalue weighted by atomic mass is 9.61. The van der Waals surface area contributed by atoms with Crippen LogP contribution in [-0.4, -0.2) is 49.8 Å². The second-order valence-electron chi connectivity index (χ2n) is 5.81. The highest BCUT2D eigenvalue weighted by Gasteiger charge is 2.48. The van der Waals surface area contributed by atoms with Crippen LogP contribution in [0, 0.1) is 23.7 Å². The quantitative estimate of drug-likeness (QED) is 0.686. The summed E-state index contributed by atoms with van der Waals surface area (Å²) in [7, 11) is 7.08. The lowest BCUT2D eigenvalue weighted by Crippen LogP contribution is -2.51. The molecule has 0 spiro atoms. The van der Waals surface area contributed by atoms with Crippen LogP contribution >= 0.6 is 0 Å². The minimum atomic E-state index is -0.168. The fourth-order valence-corrected chi connectivity index (χ4v) is 3.26. The molecule has 4 nitrogen and oxygen atoms in total. The van der Waals surface area contributed by atoms with Gasteiger partial charge in [0.15, 0.2) is 0 Å². The highest BCUT2D eigenvalue weighted by molar-refractivity contribution is 5.88. The van der Waals surface area contributed by atoms with Crippen molar-refractivity contribution in [2.45, 2.75) is 12.8 Å². The van der Waals surface area contributed by atoms with Gasteiger partial charge in [-0.3, -0.25) is 9.59 Å². The Hall–Kier alpha value is -1.32. The maximum absolute atomic E-state index is 12.3. The predicted molar refractivity (Wildman–Crippen MR) is 69.7 cm³/mol. The summed E-state index contributed by atoms with van der Waals surface area (Å²) >= 11 is 0. The summed E-state index contributed by atoms with van der Waals surface area (Å²) in [6.07, 6.45) is 6.34. The van der Waals surface area contributed by atoms with Crippen molar-refractivity contribution in [3.63, 3.8) is 0 Å². The molecule has 3 aliphatic carbocycles. The number of amides is 2. The molecule has 4 heteroatoms. The molecule has 0 radical (unpaired) electrons. The van der Waals surface area contributed by atoms with Gasteiger partial charge in [0.2, 0.25) is 11.8 Å². The van der Waals surface area contributed by atoms with E-state index in [-0.39, 0.29) is 35.5 Å². The first-order valence-electron chi connectivity index (χ1n) is 6.54. The summed E-state index contributed by atoms with van der Waals surface area (Å²) in [5, 5.41) is 0. The highest BCUT2D eigenvalue weighted by atomic mass is 16.2. The topological polar surface area (TPSA) is 40.6 Å². The summed E-state index contributed by atoms with van der Waals surface area (Å²) < 4.78 is 0. The average Bonchev–Trinajstić information content (AvgIpc) is 2.37. The summed E-state index contributed by atoms with van der Waals surface area (Å²) in [5.41, 5.74) is 0. The molecule has 0 aromatic rings. The highest BCUT2D eigenvalue weighted by Crippen LogP contribution is 2.45. The number of hydrogen-bond acceptors (Lipinski definition) is 2. The lowest BCUT2D eigenvalue weighted by molar-refractivity contribution is -0.149. The summed E-state index contributed by atoms with van der Waals surface area (Å²) in [6.45, 7) is 0. The molecular weight excluding hydrogens is 228 g/mol. The molecule has 0 aromatic heterocycles. The van der Waals surface area contributed by atoms with Gasteiger partial charge in [-0.15, -0.1) is 0 Å². The van der Waals surface area contributed by atoms with Crippen molar-refractivity contribution < 1.29 is 9.59 Å². The molecule has 0 saturated heterocycles. The van der Waals surface area contributed by atoms with E-state index >= 15 is 0 Å². The van der Waals surface area contributed by atoms with Gasteiger partial charge in [0.25, 0.3) is 0 Å². The van der Waals surface area contributed by atoms with Crippen LogP contribution in [0.25, 0.3) is 0 Å². The van der Waals surface area contributed by atoms with Gasteiger partial charge in [0.1, 0.15) is 0 Å². The standard InChI is InChI=1S/C14H22N2O2/c1-15(2)13(17)11-9-5-7-10(8-6-9)12(11)14(18)16(3)4/h5,7,9-12H,6,8H2,1-4H3/t9-,10+,11-,12-/m0/s1. The van der Waals surface area contributed by atoms with Crippen molar-refractivity contribution in [3.8, 4) is 0 Å². The molecule has 0 heterocycles. The summed E-state index contributed by atoms with van der Waals surface area (Å²) in [4.78, 5) is 27.9. The van der Waals surface area contributed by atoms with Gasteiger partial charge >= 0.3 is 0 Å². The van der Waals surface area contributed by atoms with Gasteiger partial charge in [-0.05, 0) is 24.7 Å². The van der Waals surface area contributed by atoms with Gasteiger partial charge in [0.05, 0.1) is 11.8 Å². The normalized spacial score (nSPS) is 33.3. The Bertz CT molecular complexity index is 351. The number of hydrogen-bond donors (Lipinski definition) is 0. The zero-order chi connectivity index (χ0) is 13.4. The third-order valence-electron chi connectivity index (χ3n) is 4.20. The minimum Gasteiger partial charge on any atom is -0.349 e. The van der Waals surface area contributed by atoms with E-state index in [0.29, 0.717) is 0 Å². The molecule has 2 bridgehead atoms. The van der Waals surface area contributed by atoms with E-state index in [4.69, 9.17) is 0 Å². The van der Waals surface area contributed by atoms with E-state index in [1.807, 2.05) is 0 Å². The van der Waals surface area contributed by atoms with Crippen molar-refractivity contribution in [1.29, 1.82) is 0 Å². The minimum absolute atomic E-state index is 0.0919. The molecule has 0 aliphatic heterocycles. The Balaban J connectivity index is 2.32. The molecular formula is C14H22N2O2. The SMILES string of the molecule is CN(C)C(=O)[C@@H]1[C@@H](C(=O)N(C)C)[C@H]2C=C[C@@H]1CC2. The zero-order valence-corrected chi connectivity index (χ0v) is 11.6. The predicted octanol–water partition coefficient (Wildman–Crippen LogP) is 0.991. The third kappa shape index (κ3) is 2.04. The molecule has 1 saturated carbocycles. The number of carbonyl (C=O) groups is 2. The van der Waals surface area contributed by atoms with Gasteiger partial charge < -0.3 is 9.80 Å². The van der Waals surface area contributed by atoms with Gasteiger partial charge in [-0.2, -0.15) is 0 Å². The lowest BCUT2D eigenvalue weighted by Gasteiger charge is -2.44. The monoisotopic (exact) mass is 250 g/mol. The Kier molecular flexibility index (Phi) is 3.46. The summed E-state index contributed by atoms with van der Waals surface area (Å²) in [6, 6.07) is 0. The van der Waals surface area contributed by atoms with Crippen LogP contribution in [-0.2, 0) is 9.59 Å². The molecule has 3 aliphatic rings. The van der Waals surface area contributed by atoms with Crippen LogP contribution in [0.4, 0.5) is 0 Å².